The topological polar surface area (TPSA) is 78.5 Å². The van der Waals surface area contributed by atoms with Gasteiger partial charge in [-0.25, -0.2) is 0 Å². The molecule has 0 saturated carbocycles. The molecule has 0 spiro atoms. The van der Waals surface area contributed by atoms with Gasteiger partial charge in [0.1, 0.15) is 5.75 Å². The molecule has 0 unspecified atom stereocenters. The fraction of sp³-hybridized carbons (Fsp3) is 0.143. The maximum atomic E-state index is 8.98. The predicted molar refractivity (Wildman–Crippen MR) is 41.8 cm³/mol. The summed E-state index contributed by atoms with van der Waals surface area (Å²) >= 11 is 0. The van der Waals surface area contributed by atoms with E-state index in [-0.39, 0.29) is 12.4 Å². The summed E-state index contributed by atoms with van der Waals surface area (Å²) < 4.78 is 0. The highest BCUT2D eigenvalue weighted by Gasteiger charge is 1.99. The second kappa shape index (κ2) is 3.23. The number of phenols is 1. The molecule has 0 aliphatic rings. The van der Waals surface area contributed by atoms with Gasteiger partial charge in [-0.15, -0.1) is 0 Å². The van der Waals surface area contributed by atoms with Crippen LogP contribution in [0.15, 0.2) is 18.2 Å². The number of aliphatic hydroxyl groups excluding tert-OH is 1. The standard InChI is InChI=1S/C7H10N2O2/c8-9-7-2-1-6(11)3-5(7)4-10/h1-3,9-11H,4,8H2. The normalized spacial score (nSPS) is 9.64. The van der Waals surface area contributed by atoms with Crippen molar-refractivity contribution < 1.29 is 10.2 Å². The Balaban J connectivity index is 3.06. The average Bonchev–Trinajstić information content (AvgIpc) is 2.04. The van der Waals surface area contributed by atoms with Crippen molar-refractivity contribution in [2.24, 2.45) is 5.84 Å². The van der Waals surface area contributed by atoms with Crippen LogP contribution < -0.4 is 11.3 Å². The number of nitrogens with one attached hydrogen (secondary N) is 1. The molecule has 0 aliphatic carbocycles. The maximum Gasteiger partial charge on any atom is 0.116 e. The Morgan fingerprint density at radius 2 is 2.18 bits per heavy atom. The smallest absolute Gasteiger partial charge is 0.116 e. The van der Waals surface area contributed by atoms with Gasteiger partial charge in [0.05, 0.1) is 12.3 Å². The molecule has 11 heavy (non-hydrogen) atoms. The number of anilines is 1. The Labute approximate surface area is 64.2 Å². The second-order valence-corrected chi connectivity index (χ2v) is 2.14. The van der Waals surface area contributed by atoms with Crippen molar-refractivity contribution in [3.05, 3.63) is 23.8 Å². The Kier molecular flexibility index (Phi) is 2.30. The quantitative estimate of drug-likeness (QED) is 0.278. The van der Waals surface area contributed by atoms with E-state index in [9.17, 15) is 0 Å². The third kappa shape index (κ3) is 1.60. The van der Waals surface area contributed by atoms with E-state index in [4.69, 9.17) is 16.1 Å². The lowest BCUT2D eigenvalue weighted by Gasteiger charge is -2.05. The summed E-state index contributed by atoms with van der Waals surface area (Å²) in [6.45, 7) is -0.145. The van der Waals surface area contributed by atoms with Gasteiger partial charge >= 0.3 is 0 Å². The Morgan fingerprint density at radius 3 is 2.73 bits per heavy atom. The van der Waals surface area contributed by atoms with Crippen molar-refractivity contribution in [2.75, 3.05) is 5.43 Å². The molecular formula is C7H10N2O2. The lowest BCUT2D eigenvalue weighted by Crippen LogP contribution is -2.08. The van der Waals surface area contributed by atoms with Crippen molar-refractivity contribution in [2.45, 2.75) is 6.61 Å². The van der Waals surface area contributed by atoms with Crippen LogP contribution >= 0.6 is 0 Å². The SMILES string of the molecule is NNc1ccc(O)cc1CO. The van der Waals surface area contributed by atoms with Gasteiger partial charge in [-0.3, -0.25) is 5.84 Å². The van der Waals surface area contributed by atoms with E-state index in [0.717, 1.165) is 0 Å². The maximum absolute atomic E-state index is 8.98. The van der Waals surface area contributed by atoms with Crippen molar-refractivity contribution in [3.63, 3.8) is 0 Å². The molecule has 0 amide bonds. The van der Waals surface area contributed by atoms with E-state index < -0.39 is 0 Å². The Bertz CT molecular complexity index is 250. The van der Waals surface area contributed by atoms with Crippen molar-refractivity contribution in [1.29, 1.82) is 0 Å². The van der Waals surface area contributed by atoms with Crippen molar-refractivity contribution >= 4 is 5.69 Å². The van der Waals surface area contributed by atoms with Gasteiger partial charge in [0.15, 0.2) is 0 Å². The molecule has 0 aromatic heterocycles. The Hall–Kier alpha value is -1.26. The van der Waals surface area contributed by atoms with Gasteiger partial charge < -0.3 is 15.6 Å². The minimum absolute atomic E-state index is 0.119. The fourth-order valence-corrected chi connectivity index (χ4v) is 0.852. The van der Waals surface area contributed by atoms with Gasteiger partial charge in [0, 0.05) is 5.56 Å². The summed E-state index contributed by atoms with van der Waals surface area (Å²) in [5, 5.41) is 17.8. The van der Waals surface area contributed by atoms with Crippen LogP contribution in [-0.4, -0.2) is 10.2 Å². The molecule has 0 saturated heterocycles. The number of aromatic hydroxyl groups is 1. The predicted octanol–water partition coefficient (Wildman–Crippen LogP) is 0.170. The first-order valence-corrected chi connectivity index (χ1v) is 3.17. The zero-order valence-corrected chi connectivity index (χ0v) is 5.91. The molecule has 60 valence electrons. The summed E-state index contributed by atoms with van der Waals surface area (Å²) in [5.74, 6) is 5.25. The van der Waals surface area contributed by atoms with E-state index in [1.54, 1.807) is 6.07 Å². The number of hydrazine groups is 1. The molecule has 0 aliphatic heterocycles. The molecule has 0 atom stereocenters. The summed E-state index contributed by atoms with van der Waals surface area (Å²) in [7, 11) is 0. The first kappa shape index (κ1) is 7.84. The number of nitrogens with two attached hydrogens (primary N) is 1. The van der Waals surface area contributed by atoms with E-state index in [1.165, 1.54) is 12.1 Å². The number of rotatable bonds is 2. The first-order chi connectivity index (χ1) is 5.27. The number of nitrogen functional groups attached to an aromatic ring is 1. The van der Waals surface area contributed by atoms with Gasteiger partial charge in [-0.2, -0.15) is 0 Å². The van der Waals surface area contributed by atoms with Gasteiger partial charge in [0.2, 0.25) is 0 Å². The summed E-state index contributed by atoms with van der Waals surface area (Å²) in [4.78, 5) is 0. The van der Waals surface area contributed by atoms with E-state index in [2.05, 4.69) is 5.43 Å². The van der Waals surface area contributed by atoms with Crippen LogP contribution in [0.3, 0.4) is 0 Å². The molecule has 0 fully saturated rings. The lowest BCUT2D eigenvalue weighted by atomic mass is 10.2. The number of hydrogen-bond donors (Lipinski definition) is 4. The fourth-order valence-electron chi connectivity index (χ4n) is 0.852. The number of aliphatic hydroxyl groups is 1. The molecule has 5 N–H and O–H groups in total. The molecule has 4 heteroatoms. The summed E-state index contributed by atoms with van der Waals surface area (Å²) in [5.41, 5.74) is 3.60. The van der Waals surface area contributed by atoms with E-state index >= 15 is 0 Å². The molecule has 0 heterocycles. The third-order valence-corrected chi connectivity index (χ3v) is 1.41. The molecule has 0 bridgehead atoms. The van der Waals surface area contributed by atoms with Gasteiger partial charge in [-0.1, -0.05) is 0 Å². The molecule has 0 radical (unpaired) electrons. The zero-order chi connectivity index (χ0) is 8.27. The number of benzene rings is 1. The highest BCUT2D eigenvalue weighted by molar-refractivity contribution is 5.52. The highest BCUT2D eigenvalue weighted by Crippen LogP contribution is 2.19. The largest absolute Gasteiger partial charge is 0.508 e. The average molecular weight is 154 g/mol. The zero-order valence-electron chi connectivity index (χ0n) is 5.91. The van der Waals surface area contributed by atoms with Crippen molar-refractivity contribution in [3.8, 4) is 5.75 Å². The van der Waals surface area contributed by atoms with E-state index in [0.29, 0.717) is 11.3 Å². The van der Waals surface area contributed by atoms with Crippen LogP contribution in [0.1, 0.15) is 5.56 Å². The van der Waals surface area contributed by atoms with Crippen LogP contribution in [0.5, 0.6) is 5.75 Å². The molecule has 1 aromatic carbocycles. The molecule has 4 nitrogen and oxygen atoms in total. The van der Waals surface area contributed by atoms with Crippen LogP contribution in [0, 0.1) is 0 Å². The number of phenolic OH excluding ortho intramolecular Hbond substituents is 1. The molecule has 1 rings (SSSR count). The van der Waals surface area contributed by atoms with E-state index in [1.807, 2.05) is 0 Å². The van der Waals surface area contributed by atoms with Crippen molar-refractivity contribution in [1.82, 2.24) is 0 Å². The minimum Gasteiger partial charge on any atom is -0.508 e. The second-order valence-electron chi connectivity index (χ2n) is 2.14. The minimum atomic E-state index is -0.145. The van der Waals surface area contributed by atoms with Crippen LogP contribution in [0.4, 0.5) is 5.69 Å². The number of hydrogen-bond acceptors (Lipinski definition) is 4. The summed E-state index contributed by atoms with van der Waals surface area (Å²) in [6, 6.07) is 4.55. The highest BCUT2D eigenvalue weighted by atomic mass is 16.3. The first-order valence-electron chi connectivity index (χ1n) is 3.17. The van der Waals surface area contributed by atoms with Crippen LogP contribution in [-0.2, 0) is 6.61 Å². The lowest BCUT2D eigenvalue weighted by molar-refractivity contribution is 0.282. The van der Waals surface area contributed by atoms with Gasteiger partial charge in [-0.05, 0) is 18.2 Å². The van der Waals surface area contributed by atoms with Crippen LogP contribution in [0.2, 0.25) is 0 Å². The van der Waals surface area contributed by atoms with Gasteiger partial charge in [0.25, 0.3) is 0 Å². The molecular weight excluding hydrogens is 144 g/mol. The Morgan fingerprint density at radius 1 is 1.45 bits per heavy atom. The summed E-state index contributed by atoms with van der Waals surface area (Å²) in [6.07, 6.45) is 0. The molecule has 1 aromatic rings. The van der Waals surface area contributed by atoms with Crippen LogP contribution in [0.25, 0.3) is 0 Å². The monoisotopic (exact) mass is 154 g/mol. The third-order valence-electron chi connectivity index (χ3n) is 1.41.